The summed E-state index contributed by atoms with van der Waals surface area (Å²) in [5, 5.41) is 11.1. The molecule has 1 amide bonds. The van der Waals surface area contributed by atoms with E-state index in [2.05, 4.69) is 20.5 Å². The molecule has 0 spiro atoms. The minimum Gasteiger partial charge on any atom is -0.366 e. The summed E-state index contributed by atoms with van der Waals surface area (Å²) in [7, 11) is 0. The highest BCUT2D eigenvalue weighted by atomic mass is 19.1. The number of ether oxygens (including phenoxy) is 1. The Morgan fingerprint density at radius 1 is 1.15 bits per heavy atom. The second-order valence-electron chi connectivity index (χ2n) is 7.89. The molecule has 5 rings (SSSR count). The lowest BCUT2D eigenvalue weighted by molar-refractivity contribution is -0.133. The van der Waals surface area contributed by atoms with Crippen LogP contribution in [-0.2, 0) is 16.1 Å². The molecule has 2 aromatic heterocycles. The first-order valence-corrected chi connectivity index (χ1v) is 10.5. The van der Waals surface area contributed by atoms with Crippen molar-refractivity contribution in [3.63, 3.8) is 0 Å². The van der Waals surface area contributed by atoms with Crippen LogP contribution in [0.3, 0.4) is 0 Å². The van der Waals surface area contributed by atoms with E-state index in [4.69, 9.17) is 4.74 Å². The average molecular weight is 449 g/mol. The quantitative estimate of drug-likeness (QED) is 0.485. The number of benzene rings is 2. The van der Waals surface area contributed by atoms with Gasteiger partial charge in [-0.2, -0.15) is 5.10 Å². The molecule has 0 saturated carbocycles. The Bertz CT molecular complexity index is 1290. The third-order valence-corrected chi connectivity index (χ3v) is 5.63. The van der Waals surface area contributed by atoms with Gasteiger partial charge in [0.1, 0.15) is 23.4 Å². The first-order chi connectivity index (χ1) is 16.1. The van der Waals surface area contributed by atoms with Gasteiger partial charge in [0, 0.05) is 54.2 Å². The smallest absolute Gasteiger partial charge is 0.254 e. The minimum atomic E-state index is -0.727. The number of nitrogens with zero attached hydrogens (tertiary/aromatic N) is 3. The number of rotatable bonds is 5. The number of aromatic amines is 1. The van der Waals surface area contributed by atoms with E-state index < -0.39 is 17.7 Å². The van der Waals surface area contributed by atoms with Crippen molar-refractivity contribution < 1.29 is 18.3 Å². The predicted molar refractivity (Wildman–Crippen MR) is 119 cm³/mol. The fourth-order valence-corrected chi connectivity index (χ4v) is 3.95. The largest absolute Gasteiger partial charge is 0.366 e. The van der Waals surface area contributed by atoms with E-state index in [1.54, 1.807) is 18.5 Å². The molecule has 1 aliphatic rings. The Morgan fingerprint density at radius 3 is 2.85 bits per heavy atom. The van der Waals surface area contributed by atoms with Crippen LogP contribution in [0.2, 0.25) is 0 Å². The van der Waals surface area contributed by atoms with Crippen molar-refractivity contribution >= 4 is 22.5 Å². The second kappa shape index (κ2) is 9.05. The molecule has 2 aromatic carbocycles. The molecule has 1 fully saturated rings. The summed E-state index contributed by atoms with van der Waals surface area (Å²) in [5.74, 6) is -1.26. The molecule has 33 heavy (non-hydrogen) atoms. The zero-order valence-electron chi connectivity index (χ0n) is 17.6. The van der Waals surface area contributed by atoms with Crippen LogP contribution >= 0.6 is 0 Å². The number of anilines is 1. The molecule has 168 valence electrons. The van der Waals surface area contributed by atoms with Crippen molar-refractivity contribution in [2.45, 2.75) is 12.6 Å². The summed E-state index contributed by atoms with van der Waals surface area (Å²) < 4.78 is 33.2. The zero-order chi connectivity index (χ0) is 22.8. The normalized spacial score (nSPS) is 16.7. The van der Waals surface area contributed by atoms with Gasteiger partial charge in [0.2, 0.25) is 0 Å². The third kappa shape index (κ3) is 4.59. The van der Waals surface area contributed by atoms with Gasteiger partial charge >= 0.3 is 0 Å². The Balaban J connectivity index is 1.29. The number of hydrogen-bond acceptors (Lipinski definition) is 5. The number of H-pyrrole nitrogens is 1. The number of nitrogens with one attached hydrogen (secondary N) is 2. The molecule has 7 nitrogen and oxygen atoms in total. The highest BCUT2D eigenvalue weighted by molar-refractivity contribution is 5.99. The average Bonchev–Trinajstić information content (AvgIpc) is 3.25. The topological polar surface area (TPSA) is 83.1 Å². The Kier molecular flexibility index (Phi) is 5.80. The molecule has 1 atom stereocenters. The number of halogens is 2. The molecule has 2 N–H and O–H groups in total. The van der Waals surface area contributed by atoms with Crippen LogP contribution in [0, 0.1) is 11.6 Å². The first kappa shape index (κ1) is 21.2. The van der Waals surface area contributed by atoms with Crippen LogP contribution in [0.4, 0.5) is 14.5 Å². The zero-order valence-corrected chi connectivity index (χ0v) is 17.6. The SMILES string of the molecule is O=C(Nc1ccc2[nH]nc(-c3ccncc3)c2c1)C1CN(Cc2cc(F)ccc2F)CCO1. The van der Waals surface area contributed by atoms with E-state index in [0.29, 0.717) is 18.8 Å². The molecule has 0 bridgehead atoms. The lowest BCUT2D eigenvalue weighted by Crippen LogP contribution is -2.47. The lowest BCUT2D eigenvalue weighted by Gasteiger charge is -2.32. The maximum absolute atomic E-state index is 14.0. The molecule has 0 radical (unpaired) electrons. The molecule has 1 unspecified atom stereocenters. The maximum atomic E-state index is 14.0. The molecular weight excluding hydrogens is 428 g/mol. The molecule has 1 saturated heterocycles. The molecule has 4 aromatic rings. The minimum absolute atomic E-state index is 0.201. The van der Waals surface area contributed by atoms with E-state index in [-0.39, 0.29) is 24.6 Å². The monoisotopic (exact) mass is 449 g/mol. The number of pyridine rings is 1. The van der Waals surface area contributed by atoms with Crippen molar-refractivity contribution in [2.75, 3.05) is 25.0 Å². The molecule has 1 aliphatic heterocycles. The van der Waals surface area contributed by atoms with Gasteiger partial charge in [0.25, 0.3) is 5.91 Å². The van der Waals surface area contributed by atoms with Crippen LogP contribution in [0.1, 0.15) is 5.56 Å². The van der Waals surface area contributed by atoms with Crippen LogP contribution in [0.15, 0.2) is 60.9 Å². The molecular formula is C24H21F2N5O2. The van der Waals surface area contributed by atoms with Crippen molar-refractivity contribution in [3.8, 4) is 11.3 Å². The van der Waals surface area contributed by atoms with Crippen LogP contribution in [0.25, 0.3) is 22.2 Å². The summed E-state index contributed by atoms with van der Waals surface area (Å²) in [6, 6.07) is 12.6. The Morgan fingerprint density at radius 2 is 2.00 bits per heavy atom. The van der Waals surface area contributed by atoms with E-state index >= 15 is 0 Å². The second-order valence-corrected chi connectivity index (χ2v) is 7.89. The van der Waals surface area contributed by atoms with E-state index in [1.165, 1.54) is 6.07 Å². The number of hydrogen-bond donors (Lipinski definition) is 2. The van der Waals surface area contributed by atoms with Crippen molar-refractivity contribution in [3.05, 3.63) is 78.1 Å². The molecule has 0 aliphatic carbocycles. The van der Waals surface area contributed by atoms with E-state index in [9.17, 15) is 13.6 Å². The number of carbonyl (C=O) groups excluding carboxylic acids is 1. The number of fused-ring (bicyclic) bond motifs is 1. The van der Waals surface area contributed by atoms with Crippen molar-refractivity contribution in [2.24, 2.45) is 0 Å². The van der Waals surface area contributed by atoms with Gasteiger partial charge in [-0.05, 0) is 48.5 Å². The highest BCUT2D eigenvalue weighted by Gasteiger charge is 2.27. The van der Waals surface area contributed by atoms with Gasteiger partial charge in [-0.1, -0.05) is 0 Å². The number of aromatic nitrogens is 3. The number of carbonyl (C=O) groups is 1. The fourth-order valence-electron chi connectivity index (χ4n) is 3.95. The van der Waals surface area contributed by atoms with Gasteiger partial charge in [0.05, 0.1) is 12.1 Å². The Hall–Kier alpha value is -3.69. The van der Waals surface area contributed by atoms with Crippen LogP contribution in [0.5, 0.6) is 0 Å². The van der Waals surface area contributed by atoms with Crippen molar-refractivity contribution in [1.29, 1.82) is 0 Å². The molecule has 9 heteroatoms. The summed E-state index contributed by atoms with van der Waals surface area (Å²) >= 11 is 0. The van der Waals surface area contributed by atoms with Crippen LogP contribution < -0.4 is 5.32 Å². The van der Waals surface area contributed by atoms with Gasteiger partial charge < -0.3 is 10.1 Å². The van der Waals surface area contributed by atoms with E-state index in [0.717, 1.165) is 34.3 Å². The number of amides is 1. The van der Waals surface area contributed by atoms with Crippen molar-refractivity contribution in [1.82, 2.24) is 20.1 Å². The van der Waals surface area contributed by atoms with Gasteiger partial charge in [-0.3, -0.25) is 19.8 Å². The summed E-state index contributed by atoms with van der Waals surface area (Å²) in [6.07, 6.45) is 2.67. The molecule has 3 heterocycles. The van der Waals surface area contributed by atoms with Gasteiger partial charge in [0.15, 0.2) is 0 Å². The first-order valence-electron chi connectivity index (χ1n) is 10.5. The fraction of sp³-hybridized carbons (Fsp3) is 0.208. The number of morpholine rings is 1. The standard InChI is InChI=1S/C24H21F2N5O2/c25-17-1-3-20(26)16(11-17)13-31-9-10-33-22(14-31)24(32)28-18-2-4-21-19(12-18)23(30-29-21)15-5-7-27-8-6-15/h1-8,11-12,22H,9-10,13-14H2,(H,28,32)(H,29,30). The predicted octanol–water partition coefficient (Wildman–Crippen LogP) is 3.74. The van der Waals surface area contributed by atoms with E-state index in [1.807, 2.05) is 29.2 Å². The van der Waals surface area contributed by atoms with Crippen LogP contribution in [-0.4, -0.2) is 51.8 Å². The summed E-state index contributed by atoms with van der Waals surface area (Å²) in [6.45, 7) is 1.32. The third-order valence-electron chi connectivity index (χ3n) is 5.63. The summed E-state index contributed by atoms with van der Waals surface area (Å²) in [4.78, 5) is 18.8. The summed E-state index contributed by atoms with van der Waals surface area (Å²) in [5.41, 5.74) is 3.39. The maximum Gasteiger partial charge on any atom is 0.254 e. The highest BCUT2D eigenvalue weighted by Crippen LogP contribution is 2.28. The lowest BCUT2D eigenvalue weighted by atomic mass is 10.1. The van der Waals surface area contributed by atoms with Gasteiger partial charge in [-0.25, -0.2) is 8.78 Å². The van der Waals surface area contributed by atoms with Gasteiger partial charge in [-0.15, -0.1) is 0 Å². The Labute approximate surface area is 188 Å².